The Bertz CT molecular complexity index is 606. The maximum absolute atomic E-state index is 4.59. The average molecular weight is 325 g/mol. The second kappa shape index (κ2) is 5.78. The lowest BCUT2D eigenvalue weighted by atomic mass is 9.88. The number of nitrogens with one attached hydrogen (secondary N) is 1. The highest BCUT2D eigenvalue weighted by atomic mass is 32.2. The lowest BCUT2D eigenvalue weighted by molar-refractivity contribution is 0.358. The lowest BCUT2D eigenvalue weighted by Crippen LogP contribution is -2.35. The van der Waals surface area contributed by atoms with Gasteiger partial charge < -0.3 is 5.32 Å². The molecule has 0 aliphatic carbocycles. The molecule has 1 atom stereocenters. The van der Waals surface area contributed by atoms with Gasteiger partial charge in [-0.1, -0.05) is 25.6 Å². The van der Waals surface area contributed by atoms with Crippen LogP contribution >= 0.6 is 34.9 Å². The van der Waals surface area contributed by atoms with Crippen LogP contribution in [0.1, 0.15) is 20.3 Å². The molecular formula is C15H20N2S3. The normalized spacial score (nSPS) is 22.1. The number of nitrogens with zero attached hydrogens (tertiary/aromatic N) is 1. The third kappa shape index (κ3) is 3.26. The van der Waals surface area contributed by atoms with E-state index in [0.29, 0.717) is 11.5 Å². The first-order chi connectivity index (χ1) is 9.55. The number of aromatic nitrogens is 1. The van der Waals surface area contributed by atoms with Gasteiger partial charge in [0.25, 0.3) is 0 Å². The van der Waals surface area contributed by atoms with Gasteiger partial charge in [0.05, 0.1) is 10.2 Å². The van der Waals surface area contributed by atoms with Gasteiger partial charge in [0.2, 0.25) is 0 Å². The Balaban J connectivity index is 1.77. The van der Waals surface area contributed by atoms with Gasteiger partial charge in [-0.05, 0) is 42.0 Å². The van der Waals surface area contributed by atoms with Crippen LogP contribution in [0.15, 0.2) is 22.5 Å². The number of anilines is 1. The van der Waals surface area contributed by atoms with Crippen molar-refractivity contribution in [1.29, 1.82) is 0 Å². The molecule has 0 radical (unpaired) electrons. The molecule has 5 heteroatoms. The maximum atomic E-state index is 4.59. The molecule has 1 unspecified atom stereocenters. The molecule has 1 aromatic heterocycles. The second-order valence-corrected chi connectivity index (χ2v) is 9.21. The number of hydrogen-bond donors (Lipinski definition) is 1. The van der Waals surface area contributed by atoms with E-state index in [-0.39, 0.29) is 0 Å². The molecule has 20 heavy (non-hydrogen) atoms. The summed E-state index contributed by atoms with van der Waals surface area (Å²) in [6.45, 7) is 4.73. The summed E-state index contributed by atoms with van der Waals surface area (Å²) in [5.41, 5.74) is 2.79. The highest BCUT2D eigenvalue weighted by Crippen LogP contribution is 2.35. The SMILES string of the molecule is CSc1nc2ccc(NC3CSCC(C)(C)C3)cc2s1. The van der Waals surface area contributed by atoms with E-state index in [1.807, 2.05) is 0 Å². The van der Waals surface area contributed by atoms with Crippen LogP contribution < -0.4 is 5.32 Å². The quantitative estimate of drug-likeness (QED) is 0.807. The summed E-state index contributed by atoms with van der Waals surface area (Å²) in [6.07, 6.45) is 3.33. The molecule has 2 heterocycles. The summed E-state index contributed by atoms with van der Waals surface area (Å²) in [5, 5.41) is 3.71. The van der Waals surface area contributed by atoms with E-state index in [0.717, 1.165) is 9.86 Å². The summed E-state index contributed by atoms with van der Waals surface area (Å²) in [6, 6.07) is 7.13. The van der Waals surface area contributed by atoms with E-state index < -0.39 is 0 Å². The summed E-state index contributed by atoms with van der Waals surface area (Å²) in [7, 11) is 0. The van der Waals surface area contributed by atoms with Crippen molar-refractivity contribution in [3.8, 4) is 0 Å². The summed E-state index contributed by atoms with van der Waals surface area (Å²) in [4.78, 5) is 4.59. The highest BCUT2D eigenvalue weighted by molar-refractivity contribution is 8.00. The molecule has 1 N–H and O–H groups in total. The number of thiazole rings is 1. The van der Waals surface area contributed by atoms with Gasteiger partial charge in [-0.15, -0.1) is 11.3 Å². The first kappa shape index (κ1) is 14.5. The van der Waals surface area contributed by atoms with Crippen molar-refractivity contribution in [2.75, 3.05) is 23.1 Å². The Morgan fingerprint density at radius 2 is 2.25 bits per heavy atom. The zero-order chi connectivity index (χ0) is 14.2. The minimum Gasteiger partial charge on any atom is -0.381 e. The molecule has 108 valence electrons. The van der Waals surface area contributed by atoms with Gasteiger partial charge in [0.1, 0.15) is 0 Å². The third-order valence-corrected chi connectivity index (χ3v) is 7.15. The van der Waals surface area contributed by atoms with Gasteiger partial charge in [0.15, 0.2) is 4.34 Å². The van der Waals surface area contributed by atoms with Crippen LogP contribution in [0.25, 0.3) is 10.2 Å². The smallest absolute Gasteiger partial charge is 0.150 e. The van der Waals surface area contributed by atoms with Gasteiger partial charge in [-0.2, -0.15) is 11.8 Å². The predicted octanol–water partition coefficient (Wildman–Crippen LogP) is 4.96. The van der Waals surface area contributed by atoms with E-state index in [9.17, 15) is 0 Å². The molecule has 1 saturated heterocycles. The van der Waals surface area contributed by atoms with E-state index in [1.165, 1.54) is 28.3 Å². The minimum atomic E-state index is 0.446. The Kier molecular flexibility index (Phi) is 4.20. The molecule has 1 aromatic carbocycles. The largest absolute Gasteiger partial charge is 0.381 e. The number of hydrogen-bond acceptors (Lipinski definition) is 5. The Morgan fingerprint density at radius 3 is 3.00 bits per heavy atom. The molecule has 1 fully saturated rings. The predicted molar refractivity (Wildman–Crippen MR) is 94.5 cm³/mol. The minimum absolute atomic E-state index is 0.446. The van der Waals surface area contributed by atoms with E-state index in [1.54, 1.807) is 23.1 Å². The fraction of sp³-hybridized carbons (Fsp3) is 0.533. The zero-order valence-corrected chi connectivity index (χ0v) is 14.6. The zero-order valence-electron chi connectivity index (χ0n) is 12.1. The van der Waals surface area contributed by atoms with Crippen LogP contribution in [0.5, 0.6) is 0 Å². The summed E-state index contributed by atoms with van der Waals surface area (Å²) < 4.78 is 2.42. The van der Waals surface area contributed by atoms with Crippen LogP contribution in [0.4, 0.5) is 5.69 Å². The monoisotopic (exact) mass is 324 g/mol. The second-order valence-electron chi connectivity index (χ2n) is 6.09. The number of thioether (sulfide) groups is 2. The van der Waals surface area contributed by atoms with Crippen molar-refractivity contribution < 1.29 is 0 Å². The van der Waals surface area contributed by atoms with Gasteiger partial charge in [0, 0.05) is 17.5 Å². The van der Waals surface area contributed by atoms with Crippen LogP contribution in [-0.4, -0.2) is 28.8 Å². The molecular weight excluding hydrogens is 304 g/mol. The van der Waals surface area contributed by atoms with Crippen LogP contribution in [0, 0.1) is 5.41 Å². The van der Waals surface area contributed by atoms with Crippen molar-refractivity contribution in [2.24, 2.45) is 5.41 Å². The first-order valence-corrected chi connectivity index (χ1v) is 10.0. The van der Waals surface area contributed by atoms with Crippen molar-refractivity contribution in [3.05, 3.63) is 18.2 Å². The topological polar surface area (TPSA) is 24.9 Å². The summed E-state index contributed by atoms with van der Waals surface area (Å²) >= 11 is 5.56. The Morgan fingerprint density at radius 1 is 1.40 bits per heavy atom. The van der Waals surface area contributed by atoms with Crippen LogP contribution in [-0.2, 0) is 0 Å². The first-order valence-electron chi connectivity index (χ1n) is 6.85. The number of benzene rings is 1. The molecule has 0 saturated carbocycles. The molecule has 0 bridgehead atoms. The van der Waals surface area contributed by atoms with Gasteiger partial charge in [-0.25, -0.2) is 4.98 Å². The lowest BCUT2D eigenvalue weighted by Gasteiger charge is -2.35. The maximum Gasteiger partial charge on any atom is 0.150 e. The molecule has 3 rings (SSSR count). The van der Waals surface area contributed by atoms with E-state index in [2.05, 4.69) is 60.4 Å². The molecule has 2 aromatic rings. The van der Waals surface area contributed by atoms with Crippen molar-refractivity contribution in [1.82, 2.24) is 4.98 Å². The highest BCUT2D eigenvalue weighted by Gasteiger charge is 2.28. The van der Waals surface area contributed by atoms with Crippen LogP contribution in [0.2, 0.25) is 0 Å². The van der Waals surface area contributed by atoms with Crippen LogP contribution in [0.3, 0.4) is 0 Å². The molecule has 0 amide bonds. The fourth-order valence-corrected chi connectivity index (χ4v) is 5.47. The van der Waals surface area contributed by atoms with Gasteiger partial charge in [-0.3, -0.25) is 0 Å². The summed E-state index contributed by atoms with van der Waals surface area (Å²) in [5.74, 6) is 2.48. The fourth-order valence-electron chi connectivity index (χ4n) is 2.67. The molecule has 2 nitrogen and oxygen atoms in total. The third-order valence-electron chi connectivity index (χ3n) is 3.53. The molecule has 1 aliphatic heterocycles. The molecule has 1 aliphatic rings. The Hall–Kier alpha value is -0.390. The van der Waals surface area contributed by atoms with Crippen molar-refractivity contribution >= 4 is 50.8 Å². The van der Waals surface area contributed by atoms with Gasteiger partial charge >= 0.3 is 0 Å². The molecule has 0 spiro atoms. The number of rotatable bonds is 3. The van der Waals surface area contributed by atoms with E-state index in [4.69, 9.17) is 0 Å². The van der Waals surface area contributed by atoms with Crippen molar-refractivity contribution in [3.63, 3.8) is 0 Å². The standard InChI is InChI=1S/C15H20N2S3/c1-15(2)7-11(8-19-9-15)16-10-4-5-12-13(6-10)20-14(17-12)18-3/h4-6,11,16H,7-9H2,1-3H3. The number of fused-ring (bicyclic) bond motifs is 1. The van der Waals surface area contributed by atoms with Crippen molar-refractivity contribution in [2.45, 2.75) is 30.6 Å². The Labute approximate surface area is 133 Å². The average Bonchev–Trinajstić information content (AvgIpc) is 2.79. The van der Waals surface area contributed by atoms with E-state index >= 15 is 0 Å².